The molecule has 3 rings (SSSR count). The van der Waals surface area contributed by atoms with Gasteiger partial charge in [-0.05, 0) is 55.1 Å². The first-order chi connectivity index (χ1) is 10.8. The number of nitrogens with one attached hydrogen (secondary N) is 2. The van der Waals surface area contributed by atoms with Gasteiger partial charge in [0.25, 0.3) is 0 Å². The van der Waals surface area contributed by atoms with Gasteiger partial charge in [-0.15, -0.1) is 0 Å². The summed E-state index contributed by atoms with van der Waals surface area (Å²) >= 11 is 0. The van der Waals surface area contributed by atoms with Gasteiger partial charge in [-0.3, -0.25) is 4.79 Å². The lowest BCUT2D eigenvalue weighted by atomic mass is 9.82. The van der Waals surface area contributed by atoms with E-state index in [4.69, 9.17) is 0 Å². The van der Waals surface area contributed by atoms with Crippen molar-refractivity contribution in [2.45, 2.75) is 31.7 Å². The molecule has 0 aromatic heterocycles. The molecule has 0 radical (unpaired) electrons. The summed E-state index contributed by atoms with van der Waals surface area (Å²) in [5.74, 6) is 0.0791. The van der Waals surface area contributed by atoms with E-state index >= 15 is 0 Å². The number of aryl methyl sites for hydroxylation is 1. The van der Waals surface area contributed by atoms with Gasteiger partial charge in [-0.25, -0.2) is 0 Å². The van der Waals surface area contributed by atoms with Gasteiger partial charge in [-0.2, -0.15) is 0 Å². The Kier molecular flexibility index (Phi) is 4.54. The second-order valence-corrected chi connectivity index (χ2v) is 5.86. The zero-order valence-corrected chi connectivity index (χ0v) is 12.9. The molecule has 22 heavy (non-hydrogen) atoms. The molecule has 114 valence electrons. The number of fused-ring (bicyclic) bond motifs is 1. The van der Waals surface area contributed by atoms with Crippen molar-refractivity contribution >= 4 is 11.6 Å². The molecule has 1 amide bonds. The number of anilines is 1. The lowest BCUT2D eigenvalue weighted by molar-refractivity contribution is -0.117. The SMILES string of the molecule is CNCc1ccc(NC(=O)C2CCCc3ccccc32)cc1. The molecule has 2 aromatic carbocycles. The molecule has 1 aliphatic rings. The maximum absolute atomic E-state index is 12.6. The third kappa shape index (κ3) is 3.20. The van der Waals surface area contributed by atoms with Crippen molar-refractivity contribution in [3.8, 4) is 0 Å². The standard InChI is InChI=1S/C19H22N2O/c1-20-13-14-9-11-16(12-10-14)21-19(22)18-8-4-6-15-5-2-3-7-17(15)18/h2-3,5,7,9-12,18,20H,4,6,8,13H2,1H3,(H,21,22). The van der Waals surface area contributed by atoms with Crippen molar-refractivity contribution in [3.05, 3.63) is 65.2 Å². The Labute approximate surface area is 131 Å². The molecule has 0 saturated carbocycles. The predicted molar refractivity (Wildman–Crippen MR) is 90.0 cm³/mol. The summed E-state index contributed by atoms with van der Waals surface area (Å²) in [7, 11) is 1.93. The summed E-state index contributed by atoms with van der Waals surface area (Å²) in [5, 5.41) is 6.18. The van der Waals surface area contributed by atoms with Gasteiger partial charge in [-0.1, -0.05) is 36.4 Å². The number of benzene rings is 2. The second-order valence-electron chi connectivity index (χ2n) is 5.86. The first kappa shape index (κ1) is 14.8. The molecule has 1 unspecified atom stereocenters. The third-order valence-electron chi connectivity index (χ3n) is 4.29. The first-order valence-electron chi connectivity index (χ1n) is 7.90. The molecule has 2 N–H and O–H groups in total. The van der Waals surface area contributed by atoms with Crippen molar-refractivity contribution in [1.82, 2.24) is 5.32 Å². The van der Waals surface area contributed by atoms with E-state index in [9.17, 15) is 4.79 Å². The minimum atomic E-state index is -0.0260. The maximum Gasteiger partial charge on any atom is 0.231 e. The predicted octanol–water partition coefficient (Wildman–Crippen LogP) is 3.46. The van der Waals surface area contributed by atoms with E-state index in [2.05, 4.69) is 28.8 Å². The Bertz CT molecular complexity index is 649. The van der Waals surface area contributed by atoms with Crippen LogP contribution in [-0.4, -0.2) is 13.0 Å². The van der Waals surface area contributed by atoms with Crippen LogP contribution in [0.2, 0.25) is 0 Å². The Balaban J connectivity index is 1.72. The van der Waals surface area contributed by atoms with E-state index in [1.165, 1.54) is 16.7 Å². The van der Waals surface area contributed by atoms with Gasteiger partial charge in [0.15, 0.2) is 0 Å². The van der Waals surface area contributed by atoms with Crippen LogP contribution >= 0.6 is 0 Å². The van der Waals surface area contributed by atoms with Crippen LogP contribution in [0.1, 0.15) is 35.4 Å². The van der Waals surface area contributed by atoms with Crippen LogP contribution in [0.25, 0.3) is 0 Å². The highest BCUT2D eigenvalue weighted by Gasteiger charge is 2.26. The Hall–Kier alpha value is -2.13. The van der Waals surface area contributed by atoms with Gasteiger partial charge in [0.1, 0.15) is 0 Å². The summed E-state index contributed by atoms with van der Waals surface area (Å²) in [6.45, 7) is 0.838. The number of amides is 1. The molecule has 0 saturated heterocycles. The normalized spacial score (nSPS) is 16.9. The molecule has 1 atom stereocenters. The van der Waals surface area contributed by atoms with Crippen LogP contribution in [0, 0.1) is 0 Å². The van der Waals surface area contributed by atoms with Crippen molar-refractivity contribution in [2.75, 3.05) is 12.4 Å². The van der Waals surface area contributed by atoms with Crippen LogP contribution in [0.3, 0.4) is 0 Å². The fourth-order valence-corrected chi connectivity index (χ4v) is 3.17. The van der Waals surface area contributed by atoms with Crippen LogP contribution in [-0.2, 0) is 17.8 Å². The molecule has 0 bridgehead atoms. The largest absolute Gasteiger partial charge is 0.326 e. The fourth-order valence-electron chi connectivity index (χ4n) is 3.17. The summed E-state index contributed by atoms with van der Waals surface area (Å²) in [6, 6.07) is 16.3. The van der Waals surface area contributed by atoms with Gasteiger partial charge >= 0.3 is 0 Å². The average Bonchev–Trinajstić information content (AvgIpc) is 2.56. The number of hydrogen-bond acceptors (Lipinski definition) is 2. The molecule has 0 spiro atoms. The van der Waals surface area contributed by atoms with Gasteiger partial charge < -0.3 is 10.6 Å². The zero-order chi connectivity index (χ0) is 15.4. The number of carbonyl (C=O) groups is 1. The summed E-state index contributed by atoms with van der Waals surface area (Å²) < 4.78 is 0. The highest BCUT2D eigenvalue weighted by Crippen LogP contribution is 2.32. The number of rotatable bonds is 4. The molecule has 3 heteroatoms. The van der Waals surface area contributed by atoms with Crippen molar-refractivity contribution in [3.63, 3.8) is 0 Å². The lowest BCUT2D eigenvalue weighted by Crippen LogP contribution is -2.24. The van der Waals surface area contributed by atoms with E-state index in [0.717, 1.165) is 31.5 Å². The molecule has 0 heterocycles. The van der Waals surface area contributed by atoms with Crippen LogP contribution in [0.15, 0.2) is 48.5 Å². The van der Waals surface area contributed by atoms with Gasteiger partial charge in [0, 0.05) is 12.2 Å². The number of carbonyl (C=O) groups excluding carboxylic acids is 1. The van der Waals surface area contributed by atoms with Crippen molar-refractivity contribution in [1.29, 1.82) is 0 Å². The zero-order valence-electron chi connectivity index (χ0n) is 12.9. The summed E-state index contributed by atoms with van der Waals surface area (Å²) in [4.78, 5) is 12.6. The minimum Gasteiger partial charge on any atom is -0.326 e. The molecular formula is C19H22N2O. The fraction of sp³-hybridized carbons (Fsp3) is 0.316. The lowest BCUT2D eigenvalue weighted by Gasteiger charge is -2.24. The van der Waals surface area contributed by atoms with E-state index in [1.807, 2.05) is 37.4 Å². The summed E-state index contributed by atoms with van der Waals surface area (Å²) in [6.07, 6.45) is 3.09. The molecule has 1 aliphatic carbocycles. The van der Waals surface area contributed by atoms with Crippen molar-refractivity contribution < 1.29 is 4.79 Å². The van der Waals surface area contributed by atoms with E-state index in [0.29, 0.717) is 0 Å². The first-order valence-corrected chi connectivity index (χ1v) is 7.90. The van der Waals surface area contributed by atoms with Crippen LogP contribution in [0.4, 0.5) is 5.69 Å². The topological polar surface area (TPSA) is 41.1 Å². The average molecular weight is 294 g/mol. The second kappa shape index (κ2) is 6.75. The third-order valence-corrected chi connectivity index (χ3v) is 4.29. The minimum absolute atomic E-state index is 0.0260. The number of hydrogen-bond donors (Lipinski definition) is 2. The van der Waals surface area contributed by atoms with Crippen LogP contribution < -0.4 is 10.6 Å². The summed E-state index contributed by atoms with van der Waals surface area (Å²) in [5.41, 5.74) is 4.59. The Morgan fingerprint density at radius 3 is 2.68 bits per heavy atom. The van der Waals surface area contributed by atoms with Gasteiger partial charge in [0.2, 0.25) is 5.91 Å². The molecular weight excluding hydrogens is 272 g/mol. The van der Waals surface area contributed by atoms with E-state index < -0.39 is 0 Å². The Morgan fingerprint density at radius 2 is 1.91 bits per heavy atom. The van der Waals surface area contributed by atoms with Gasteiger partial charge in [0.05, 0.1) is 5.92 Å². The monoisotopic (exact) mass is 294 g/mol. The molecule has 2 aromatic rings. The molecule has 0 aliphatic heterocycles. The molecule has 3 nitrogen and oxygen atoms in total. The van der Waals surface area contributed by atoms with Crippen LogP contribution in [0.5, 0.6) is 0 Å². The molecule has 0 fully saturated rings. The maximum atomic E-state index is 12.6. The quantitative estimate of drug-likeness (QED) is 0.906. The van der Waals surface area contributed by atoms with E-state index in [-0.39, 0.29) is 11.8 Å². The van der Waals surface area contributed by atoms with E-state index in [1.54, 1.807) is 0 Å². The smallest absolute Gasteiger partial charge is 0.231 e. The Morgan fingerprint density at radius 1 is 1.14 bits per heavy atom. The van der Waals surface area contributed by atoms with Crippen molar-refractivity contribution in [2.24, 2.45) is 0 Å². The highest BCUT2D eigenvalue weighted by molar-refractivity contribution is 5.96. The highest BCUT2D eigenvalue weighted by atomic mass is 16.1.